The molecule has 1 aromatic rings. The molecule has 0 aromatic heterocycles. The van der Waals surface area contributed by atoms with E-state index in [2.05, 4.69) is 18.7 Å². The number of primary amides is 1. The summed E-state index contributed by atoms with van der Waals surface area (Å²) in [6, 6.07) is 0.334. The van der Waals surface area contributed by atoms with Gasteiger partial charge in [-0.2, -0.15) is 0 Å². The summed E-state index contributed by atoms with van der Waals surface area (Å²) >= 11 is 6.99. The maximum absolute atomic E-state index is 13.9. The van der Waals surface area contributed by atoms with Gasteiger partial charge in [0.2, 0.25) is 5.91 Å². The number of ketones is 4. The van der Waals surface area contributed by atoms with E-state index in [1.807, 2.05) is 0 Å². The van der Waals surface area contributed by atoms with E-state index in [9.17, 15) is 34.2 Å². The summed E-state index contributed by atoms with van der Waals surface area (Å²) in [5.74, 6) is -10.4. The molecule has 4 N–H and O–H groups in total. The Kier molecular flexibility index (Phi) is 7.22. The Labute approximate surface area is 237 Å². The lowest BCUT2D eigenvalue weighted by Crippen LogP contribution is -2.74. The summed E-state index contributed by atoms with van der Waals surface area (Å²) < 4.78 is 0. The van der Waals surface area contributed by atoms with Crippen LogP contribution in [-0.2, 0) is 25.6 Å². The number of aromatic hydroxyl groups is 1. The van der Waals surface area contributed by atoms with E-state index in [4.69, 9.17) is 17.3 Å². The number of hydrogen-bond donors (Lipinski definition) is 3. The SMILES string of the molecule is CCCN1CCC(C)C1c1cc(O)c2c(c1Cl)CC1CC3C(N(C)C)C(=O)C(C(N)=O)C(=O)C3(O)C(=O)C1C2=O. The molecule has 2 saturated carbocycles. The van der Waals surface area contributed by atoms with E-state index in [1.54, 1.807) is 14.1 Å². The van der Waals surface area contributed by atoms with Gasteiger partial charge in [0.05, 0.1) is 17.5 Å². The lowest BCUT2D eigenvalue weighted by molar-refractivity contribution is -0.181. The second-order valence-corrected chi connectivity index (χ2v) is 12.6. The average Bonchev–Trinajstić information content (AvgIpc) is 3.22. The molecular formula is C29H36ClN3O7. The molecule has 5 rings (SSSR count). The number of fused-ring (bicyclic) bond motifs is 3. The minimum Gasteiger partial charge on any atom is -0.507 e. The highest BCUT2D eigenvalue weighted by molar-refractivity contribution is 6.35. The molecular weight excluding hydrogens is 538 g/mol. The van der Waals surface area contributed by atoms with Gasteiger partial charge in [0, 0.05) is 17.0 Å². The van der Waals surface area contributed by atoms with Gasteiger partial charge in [-0.3, -0.25) is 33.8 Å². The van der Waals surface area contributed by atoms with Crippen molar-refractivity contribution in [2.24, 2.45) is 35.3 Å². The molecule has 1 aromatic carbocycles. The largest absolute Gasteiger partial charge is 0.507 e. The highest BCUT2D eigenvalue weighted by atomic mass is 35.5. The summed E-state index contributed by atoms with van der Waals surface area (Å²) in [5, 5.41) is 23.2. The molecule has 4 aliphatic rings. The van der Waals surface area contributed by atoms with Gasteiger partial charge in [0.15, 0.2) is 34.7 Å². The van der Waals surface area contributed by atoms with Crippen molar-refractivity contribution in [1.82, 2.24) is 9.80 Å². The van der Waals surface area contributed by atoms with Gasteiger partial charge in [0.25, 0.3) is 0 Å². The van der Waals surface area contributed by atoms with Crippen LogP contribution in [0.5, 0.6) is 5.75 Å². The molecule has 10 nitrogen and oxygen atoms in total. The molecule has 1 saturated heterocycles. The zero-order chi connectivity index (χ0) is 29.4. The van der Waals surface area contributed by atoms with Crippen molar-refractivity contribution in [2.75, 3.05) is 27.2 Å². The molecule has 8 unspecified atom stereocenters. The second kappa shape index (κ2) is 10.0. The second-order valence-electron chi connectivity index (χ2n) is 12.2. The highest BCUT2D eigenvalue weighted by Crippen LogP contribution is 2.53. The van der Waals surface area contributed by atoms with Crippen molar-refractivity contribution in [3.8, 4) is 5.75 Å². The predicted molar refractivity (Wildman–Crippen MR) is 145 cm³/mol. The topological polar surface area (TPSA) is 158 Å². The van der Waals surface area contributed by atoms with Crippen LogP contribution in [0, 0.1) is 29.6 Å². The third-order valence-electron chi connectivity index (χ3n) is 9.66. The summed E-state index contributed by atoms with van der Waals surface area (Å²) in [7, 11) is 3.11. The fraction of sp³-hybridized carbons (Fsp3) is 0.621. The van der Waals surface area contributed by atoms with Crippen molar-refractivity contribution in [3.05, 3.63) is 27.8 Å². The minimum absolute atomic E-state index is 0.00694. The number of rotatable bonds is 5. The molecule has 0 radical (unpaired) electrons. The van der Waals surface area contributed by atoms with Crippen molar-refractivity contribution < 1.29 is 34.2 Å². The summed E-state index contributed by atoms with van der Waals surface area (Å²) in [6.07, 6.45) is 2.07. The van der Waals surface area contributed by atoms with Gasteiger partial charge in [-0.25, -0.2) is 0 Å². The molecule has 0 spiro atoms. The van der Waals surface area contributed by atoms with Crippen LogP contribution in [-0.4, -0.2) is 87.9 Å². The molecule has 8 atom stereocenters. The zero-order valence-electron chi connectivity index (χ0n) is 23.1. The van der Waals surface area contributed by atoms with Gasteiger partial charge >= 0.3 is 0 Å². The first kappa shape index (κ1) is 28.9. The molecule has 40 heavy (non-hydrogen) atoms. The molecule has 216 valence electrons. The van der Waals surface area contributed by atoms with Crippen LogP contribution < -0.4 is 5.73 Å². The predicted octanol–water partition coefficient (Wildman–Crippen LogP) is 1.31. The number of likely N-dealkylation sites (tertiary alicyclic amines) is 1. The van der Waals surface area contributed by atoms with Crippen LogP contribution in [0.4, 0.5) is 0 Å². The Balaban J connectivity index is 1.61. The Hall–Kier alpha value is -2.66. The first-order valence-electron chi connectivity index (χ1n) is 13.9. The number of phenolic OH excluding ortho intramolecular Hbond substituents is 1. The lowest BCUT2D eigenvalue weighted by Gasteiger charge is -2.52. The molecule has 1 heterocycles. The van der Waals surface area contributed by atoms with Crippen LogP contribution in [0.2, 0.25) is 5.02 Å². The number of phenols is 1. The number of Topliss-reactive ketones (excluding diaryl/α,β-unsaturated/α-hetero) is 4. The number of likely N-dealkylation sites (N-methyl/N-ethyl adjacent to an activating group) is 1. The van der Waals surface area contributed by atoms with Crippen molar-refractivity contribution in [2.45, 2.75) is 57.2 Å². The monoisotopic (exact) mass is 573 g/mol. The third-order valence-corrected chi connectivity index (χ3v) is 10.1. The fourth-order valence-electron chi connectivity index (χ4n) is 7.95. The summed E-state index contributed by atoms with van der Waals surface area (Å²) in [6.45, 7) is 5.99. The zero-order valence-corrected chi connectivity index (χ0v) is 23.9. The van der Waals surface area contributed by atoms with E-state index in [0.717, 1.165) is 31.5 Å². The van der Waals surface area contributed by atoms with Gasteiger partial charge in [0.1, 0.15) is 5.75 Å². The Morgan fingerprint density at radius 1 is 1.23 bits per heavy atom. The van der Waals surface area contributed by atoms with Gasteiger partial charge in [-0.15, -0.1) is 0 Å². The molecule has 3 aliphatic carbocycles. The molecule has 0 bridgehead atoms. The number of benzene rings is 1. The maximum atomic E-state index is 13.9. The van der Waals surface area contributed by atoms with Gasteiger partial charge < -0.3 is 15.9 Å². The van der Waals surface area contributed by atoms with Crippen LogP contribution in [0.15, 0.2) is 6.07 Å². The molecule has 1 amide bonds. The lowest BCUT2D eigenvalue weighted by atomic mass is 9.52. The number of hydrogen-bond acceptors (Lipinski definition) is 9. The Morgan fingerprint density at radius 2 is 1.90 bits per heavy atom. The standard InChI is InChI=1S/C29H36ClN3O7/c1-5-7-33-8-6-12(2)22(33)15-11-17(34)19-14(21(15)30)9-13-10-16-23(32(3)4)25(36)20(28(31)39)27(38)29(16,40)26(37)18(13)24(19)35/h11-13,16,18,20,22-23,34,40H,5-10H2,1-4H3,(H2,31,39). The first-order valence-corrected chi connectivity index (χ1v) is 14.3. The normalized spacial score (nSPS) is 36.0. The third kappa shape index (κ3) is 3.90. The smallest absolute Gasteiger partial charge is 0.235 e. The molecule has 1 aliphatic heterocycles. The van der Waals surface area contributed by atoms with Crippen molar-refractivity contribution in [1.29, 1.82) is 0 Å². The van der Waals surface area contributed by atoms with Crippen molar-refractivity contribution >= 4 is 40.6 Å². The van der Waals surface area contributed by atoms with Crippen molar-refractivity contribution in [3.63, 3.8) is 0 Å². The van der Waals surface area contributed by atoms with Crippen LogP contribution in [0.25, 0.3) is 0 Å². The van der Waals surface area contributed by atoms with E-state index in [-0.39, 0.29) is 36.1 Å². The number of nitrogens with zero attached hydrogens (tertiary/aromatic N) is 2. The average molecular weight is 574 g/mol. The molecule has 3 fully saturated rings. The van der Waals surface area contributed by atoms with E-state index in [1.165, 1.54) is 11.0 Å². The van der Waals surface area contributed by atoms with Crippen LogP contribution in [0.3, 0.4) is 0 Å². The number of carbonyl (C=O) groups is 5. The first-order chi connectivity index (χ1) is 18.8. The summed E-state index contributed by atoms with van der Waals surface area (Å²) in [5.41, 5.74) is 3.73. The molecule has 11 heteroatoms. The number of carbonyl (C=O) groups excluding carboxylic acids is 5. The van der Waals surface area contributed by atoms with Gasteiger partial charge in [-0.05, 0) is 81.9 Å². The number of aliphatic hydroxyl groups is 1. The van der Waals surface area contributed by atoms with E-state index in [0.29, 0.717) is 10.6 Å². The maximum Gasteiger partial charge on any atom is 0.235 e. The number of nitrogens with two attached hydrogens (primary N) is 1. The van der Waals surface area contributed by atoms with Crippen LogP contribution in [0.1, 0.15) is 60.6 Å². The van der Waals surface area contributed by atoms with E-state index < -0.39 is 64.4 Å². The quantitative estimate of drug-likeness (QED) is 0.441. The highest BCUT2D eigenvalue weighted by Gasteiger charge is 2.69. The number of amides is 1. The van der Waals surface area contributed by atoms with E-state index >= 15 is 0 Å². The Bertz CT molecular complexity index is 1330. The summed E-state index contributed by atoms with van der Waals surface area (Å²) in [4.78, 5) is 70.3. The minimum atomic E-state index is -2.74. The van der Waals surface area contributed by atoms with Crippen LogP contribution >= 0.6 is 11.6 Å². The van der Waals surface area contributed by atoms with Gasteiger partial charge in [-0.1, -0.05) is 25.4 Å². The number of halogens is 1. The Morgan fingerprint density at radius 3 is 2.50 bits per heavy atom. The fourth-order valence-corrected chi connectivity index (χ4v) is 8.29.